The van der Waals surface area contributed by atoms with E-state index in [1.165, 1.54) is 154 Å². The van der Waals surface area contributed by atoms with Crippen LogP contribution in [0.2, 0.25) is 0 Å². The number of carbonyl (C=O) groups excluding carboxylic acids is 4. The second kappa shape index (κ2) is 39.4. The minimum absolute atomic E-state index is 0.265. The predicted molar refractivity (Wildman–Crippen MR) is 386 cm³/mol. The first-order valence-electron chi connectivity index (χ1n) is 37.3. The van der Waals surface area contributed by atoms with Crippen LogP contribution in [0, 0.1) is 0 Å². The lowest BCUT2D eigenvalue weighted by Gasteiger charge is -2.07. The van der Waals surface area contributed by atoms with Crippen molar-refractivity contribution in [2.45, 2.75) is 259 Å². The largest absolute Gasteiger partial charge is 0.462 e. The summed E-state index contributed by atoms with van der Waals surface area (Å²) in [7, 11) is 0. The Morgan fingerprint density at radius 1 is 0.260 bits per heavy atom. The van der Waals surface area contributed by atoms with Crippen molar-refractivity contribution in [1.29, 1.82) is 0 Å². The Bertz CT molecular complexity index is 3590. The van der Waals surface area contributed by atoms with E-state index in [0.717, 1.165) is 77.0 Å². The molecule has 2 aliphatic heterocycles. The van der Waals surface area contributed by atoms with Gasteiger partial charge in [0.05, 0.1) is 48.7 Å². The van der Waals surface area contributed by atoms with Crippen LogP contribution in [0.5, 0.6) is 0 Å². The third kappa shape index (κ3) is 21.1. The number of rotatable bonds is 44. The lowest BCUT2D eigenvalue weighted by Crippen LogP contribution is -2.06. The van der Waals surface area contributed by atoms with Crippen LogP contribution in [0.4, 0.5) is 0 Å². The molecule has 0 amide bonds. The van der Waals surface area contributed by atoms with E-state index in [2.05, 4.69) is 37.7 Å². The van der Waals surface area contributed by atoms with Crippen LogP contribution in [0.3, 0.4) is 0 Å². The normalized spacial score (nSPS) is 11.7. The molecular weight excluding hydrogens is 1200 g/mol. The van der Waals surface area contributed by atoms with Crippen molar-refractivity contribution in [3.05, 3.63) is 95.1 Å². The summed E-state index contributed by atoms with van der Waals surface area (Å²) in [6.45, 7) is 10.2. The zero-order valence-corrected chi connectivity index (χ0v) is 58.2. The van der Waals surface area contributed by atoms with E-state index in [9.17, 15) is 19.2 Å². The van der Waals surface area contributed by atoms with Crippen LogP contribution in [-0.2, 0) is 18.9 Å². The van der Waals surface area contributed by atoms with Gasteiger partial charge in [0.1, 0.15) is 22.6 Å². The van der Waals surface area contributed by atoms with Crippen LogP contribution in [-0.4, -0.2) is 90.2 Å². The summed E-state index contributed by atoms with van der Waals surface area (Å²) in [4.78, 5) is 93.8. The number of esters is 4. The van der Waals surface area contributed by atoms with Crippen molar-refractivity contribution in [3.63, 3.8) is 0 Å². The molecule has 96 heavy (non-hydrogen) atoms. The fourth-order valence-corrected chi connectivity index (χ4v) is 12.9. The van der Waals surface area contributed by atoms with E-state index in [4.69, 9.17) is 48.9 Å². The Labute approximate surface area is 569 Å². The van der Waals surface area contributed by atoms with Crippen LogP contribution >= 0.6 is 0 Å². The van der Waals surface area contributed by atoms with Crippen molar-refractivity contribution < 1.29 is 38.1 Å². The predicted octanol–water partition coefficient (Wildman–Crippen LogP) is 21.6. The zero-order chi connectivity index (χ0) is 67.1. The molecule has 2 aliphatic rings. The number of H-pyrrole nitrogens is 2. The molecule has 0 atom stereocenters. The summed E-state index contributed by atoms with van der Waals surface area (Å²) in [5.74, 6) is -0.675. The average molecular weight is 1310 g/mol. The van der Waals surface area contributed by atoms with E-state index < -0.39 is 23.9 Å². The average Bonchev–Trinajstić information content (AvgIpc) is 1.61. The maximum atomic E-state index is 13.9. The highest BCUT2D eigenvalue weighted by molar-refractivity contribution is 6.10. The first-order chi connectivity index (χ1) is 47.2. The van der Waals surface area contributed by atoms with Gasteiger partial charge in [-0.15, -0.1) is 0 Å². The van der Waals surface area contributed by atoms with Gasteiger partial charge >= 0.3 is 23.9 Å². The number of hydrogen-bond donors (Lipinski definition) is 2. The first kappa shape index (κ1) is 72.4. The van der Waals surface area contributed by atoms with Gasteiger partial charge in [-0.1, -0.05) is 233 Å². The molecule has 0 spiro atoms. The molecule has 514 valence electrons. The van der Waals surface area contributed by atoms with Gasteiger partial charge in [-0.25, -0.2) is 49.1 Å². The molecule has 4 aromatic carbocycles. The van der Waals surface area contributed by atoms with E-state index in [-0.39, 0.29) is 11.6 Å². The highest BCUT2D eigenvalue weighted by atomic mass is 16.5. The molecule has 0 radical (unpaired) electrons. The minimum Gasteiger partial charge on any atom is -0.462 e. The molecule has 0 saturated carbocycles. The number of carbonyl (C=O) groups is 4. The number of unbranched alkanes of at least 4 members (excludes halogenated alkanes) is 32. The molecule has 9 rings (SSSR count). The van der Waals surface area contributed by atoms with Gasteiger partial charge in [-0.05, 0) is 98.5 Å². The Balaban J connectivity index is 1.09. The minimum atomic E-state index is -0.449. The second-order valence-corrected chi connectivity index (χ2v) is 26.5. The topological polar surface area (TPSA) is 214 Å². The fourth-order valence-electron chi connectivity index (χ4n) is 12.9. The number of nitrogens with zero attached hydrogens (tertiary/aromatic N) is 6. The smallest absolute Gasteiger partial charge is 0.338 e. The molecule has 0 fully saturated rings. The molecule has 0 unspecified atom stereocenters. The van der Waals surface area contributed by atoms with Gasteiger partial charge in [-0.2, -0.15) is 0 Å². The number of benzene rings is 4. The number of aromatic amines is 2. The molecule has 16 nitrogen and oxygen atoms in total. The van der Waals surface area contributed by atoms with Crippen LogP contribution in [0.15, 0.2) is 72.8 Å². The number of fused-ring (bicyclic) bond motifs is 20. The van der Waals surface area contributed by atoms with Gasteiger partial charge < -0.3 is 28.9 Å². The van der Waals surface area contributed by atoms with Crippen molar-refractivity contribution in [2.24, 2.45) is 0 Å². The van der Waals surface area contributed by atoms with Gasteiger partial charge in [-0.3, -0.25) is 0 Å². The van der Waals surface area contributed by atoms with E-state index in [0.29, 0.717) is 127 Å². The second-order valence-electron chi connectivity index (χ2n) is 26.5. The lowest BCUT2D eigenvalue weighted by molar-refractivity contribution is 0.0488. The summed E-state index contributed by atoms with van der Waals surface area (Å²) >= 11 is 0. The van der Waals surface area contributed by atoms with E-state index in [1.807, 2.05) is 24.3 Å². The molecule has 0 aliphatic carbocycles. The molecule has 2 N–H and O–H groups in total. The van der Waals surface area contributed by atoms with Crippen LogP contribution in [0.1, 0.15) is 300 Å². The fraction of sp³-hybridized carbons (Fsp3) is 0.550. The molecule has 5 heterocycles. The molecule has 0 saturated heterocycles. The zero-order valence-electron chi connectivity index (χ0n) is 58.2. The Morgan fingerprint density at radius 2 is 0.490 bits per heavy atom. The Hall–Kier alpha value is -7.88. The number of aromatic nitrogens is 8. The van der Waals surface area contributed by atoms with Crippen molar-refractivity contribution >= 4 is 68.0 Å². The van der Waals surface area contributed by atoms with Gasteiger partial charge in [0.25, 0.3) is 0 Å². The summed E-state index contributed by atoms with van der Waals surface area (Å²) in [5, 5.41) is 2.42. The summed E-state index contributed by atoms with van der Waals surface area (Å²) < 4.78 is 23.6. The number of nitrogens with one attached hydrogen (secondary N) is 2. The number of ether oxygens (including phenoxy) is 4. The highest BCUT2D eigenvalue weighted by Crippen LogP contribution is 2.39. The molecule has 8 bridgehead atoms. The quantitative estimate of drug-likeness (QED) is 0.0207. The molecule has 3 aromatic heterocycles. The van der Waals surface area contributed by atoms with Gasteiger partial charge in [0, 0.05) is 43.8 Å². The SMILES string of the molecule is CCCCCCCCCCCOC(=O)c1ccc2c(c1)-c1nc-2nc2[nH]c(nc3nc(nc4[nH]c(n1)c1ccc(C(=O)OCCCCCCCCCCC)cc41)-c1ccc(C(=O)OCCCCCCCCCCC)cc1-3)c1ccc(C(=O)OCCCCCCCCCCC)cc21. The third-order valence-electron chi connectivity index (χ3n) is 18.7. The molecule has 7 aromatic rings. The molecule has 16 heteroatoms. The van der Waals surface area contributed by atoms with Crippen molar-refractivity contribution in [3.8, 4) is 45.6 Å². The van der Waals surface area contributed by atoms with E-state index in [1.54, 1.807) is 48.5 Å². The third-order valence-corrected chi connectivity index (χ3v) is 18.7. The summed E-state index contributed by atoms with van der Waals surface area (Å²) in [5.41, 5.74) is 5.15. The Morgan fingerprint density at radius 3 is 0.771 bits per heavy atom. The van der Waals surface area contributed by atoms with Crippen LogP contribution < -0.4 is 0 Å². The van der Waals surface area contributed by atoms with Crippen molar-refractivity contribution in [2.75, 3.05) is 26.4 Å². The molecular formula is C80H106N8O8. The lowest BCUT2D eigenvalue weighted by atomic mass is 10.0. The van der Waals surface area contributed by atoms with E-state index >= 15 is 0 Å². The summed E-state index contributed by atoms with van der Waals surface area (Å²) in [6.07, 6.45) is 41.4. The maximum absolute atomic E-state index is 13.9. The first-order valence-corrected chi connectivity index (χ1v) is 37.3. The Kier molecular flexibility index (Phi) is 29.7. The summed E-state index contributed by atoms with van der Waals surface area (Å²) in [6, 6.07) is 21.2. The highest BCUT2D eigenvalue weighted by Gasteiger charge is 2.26. The standard InChI is InChI=1S/C80H106N8O8/c1-5-9-13-17-21-25-29-33-37-49-93-77(89)57-41-45-61-65(53-57)73-81-69(61)86-74-67-55-59(79(91)95-51-39-35-31-27-23-19-15-11-7-3)43-47-63(67)71(83-74)88-76-68-56-60(80(92)96-52-40-36-32-28-24-20-16-12-8-4)44-48-64(68)72(84-76)87-75-66-54-58(42-46-62(66)70(82-75)85-73)78(90)94-50-38-34-30-26-22-18-14-10-6-2/h41-48,53-56H,5-40,49-52H2,1-4H3,(H2,81,82,83,84,85,86,87,88). The monoisotopic (exact) mass is 1310 g/mol. The van der Waals surface area contributed by atoms with Gasteiger partial charge in [0.2, 0.25) is 0 Å². The maximum Gasteiger partial charge on any atom is 0.338 e. The van der Waals surface area contributed by atoms with Crippen LogP contribution in [0.25, 0.3) is 89.7 Å². The van der Waals surface area contributed by atoms with Gasteiger partial charge in [0.15, 0.2) is 23.3 Å². The number of hydrogen-bond acceptors (Lipinski definition) is 14. The van der Waals surface area contributed by atoms with Crippen molar-refractivity contribution in [1.82, 2.24) is 39.9 Å².